The van der Waals surface area contributed by atoms with E-state index < -0.39 is 11.5 Å². The van der Waals surface area contributed by atoms with Gasteiger partial charge in [-0.3, -0.25) is 9.48 Å². The molecule has 0 spiro atoms. The van der Waals surface area contributed by atoms with Crippen LogP contribution in [0, 0.1) is 6.92 Å². The number of rotatable bonds is 4. The van der Waals surface area contributed by atoms with Crippen LogP contribution in [0.5, 0.6) is 0 Å². The Morgan fingerprint density at radius 2 is 1.96 bits per heavy atom. The zero-order chi connectivity index (χ0) is 18.4. The van der Waals surface area contributed by atoms with Crippen molar-refractivity contribution in [3.05, 3.63) is 23.0 Å². The number of nitrogens with zero attached hydrogens (tertiary/aromatic N) is 3. The van der Waals surface area contributed by atoms with Crippen molar-refractivity contribution in [3.8, 4) is 0 Å². The van der Waals surface area contributed by atoms with Crippen LogP contribution >= 0.6 is 0 Å². The Hall–Kier alpha value is -2.44. The maximum atomic E-state index is 13.0. The van der Waals surface area contributed by atoms with Gasteiger partial charge in [-0.2, -0.15) is 5.10 Å². The third kappa shape index (κ3) is 2.88. The number of aromatic nitrogens is 3. The molecule has 1 amide bonds. The van der Waals surface area contributed by atoms with Gasteiger partial charge in [0.1, 0.15) is 5.54 Å². The van der Waals surface area contributed by atoms with Crippen molar-refractivity contribution in [1.82, 2.24) is 20.1 Å². The molecule has 134 valence electrons. The highest BCUT2D eigenvalue weighted by molar-refractivity contribution is 6.08. The molecule has 1 aliphatic carbocycles. The smallest absolute Gasteiger partial charge is 0.329 e. The van der Waals surface area contributed by atoms with Crippen LogP contribution in [0.3, 0.4) is 0 Å². The summed E-state index contributed by atoms with van der Waals surface area (Å²) in [5.74, 6) is -1.18. The zero-order valence-corrected chi connectivity index (χ0v) is 15.1. The van der Waals surface area contributed by atoms with Gasteiger partial charge >= 0.3 is 5.97 Å². The Morgan fingerprint density at radius 1 is 1.32 bits per heavy atom. The van der Waals surface area contributed by atoms with E-state index in [1.807, 2.05) is 20.8 Å². The number of pyridine rings is 1. The summed E-state index contributed by atoms with van der Waals surface area (Å²) in [6.45, 7) is 5.85. The van der Waals surface area contributed by atoms with Crippen molar-refractivity contribution in [1.29, 1.82) is 0 Å². The molecule has 7 nitrogen and oxygen atoms in total. The SMILES string of the molecule is Cc1nn(C)c2nc(C(C)C)cc(C(=O)NC3(C(=O)O)CCCC3)c12. The van der Waals surface area contributed by atoms with E-state index in [0.717, 1.165) is 18.5 Å². The minimum atomic E-state index is -1.17. The summed E-state index contributed by atoms with van der Waals surface area (Å²) in [7, 11) is 1.80. The first kappa shape index (κ1) is 17.4. The van der Waals surface area contributed by atoms with Crippen LogP contribution in [0.2, 0.25) is 0 Å². The maximum Gasteiger partial charge on any atom is 0.329 e. The molecule has 0 saturated heterocycles. The van der Waals surface area contributed by atoms with E-state index in [0.29, 0.717) is 35.1 Å². The Bertz CT molecular complexity index is 848. The first-order chi connectivity index (χ1) is 11.7. The van der Waals surface area contributed by atoms with E-state index in [1.165, 1.54) is 0 Å². The number of carboxylic acids is 1. The van der Waals surface area contributed by atoms with Gasteiger partial charge in [-0.25, -0.2) is 9.78 Å². The van der Waals surface area contributed by atoms with Crippen LogP contribution in [0.25, 0.3) is 11.0 Å². The molecule has 2 N–H and O–H groups in total. The number of aryl methyl sites for hydroxylation is 2. The normalized spacial score (nSPS) is 16.5. The number of carboxylic acid groups (broad SMARTS) is 1. The largest absolute Gasteiger partial charge is 0.480 e. The highest BCUT2D eigenvalue weighted by atomic mass is 16.4. The van der Waals surface area contributed by atoms with E-state index in [9.17, 15) is 14.7 Å². The van der Waals surface area contributed by atoms with Crippen molar-refractivity contribution in [3.63, 3.8) is 0 Å². The molecule has 0 aromatic carbocycles. The number of fused-ring (bicyclic) bond motifs is 1. The molecule has 2 aromatic heterocycles. The lowest BCUT2D eigenvalue weighted by atomic mass is 9.96. The Balaban J connectivity index is 2.10. The molecule has 0 bridgehead atoms. The Kier molecular flexibility index (Phi) is 4.26. The molecule has 7 heteroatoms. The van der Waals surface area contributed by atoms with Gasteiger partial charge in [0.05, 0.1) is 16.6 Å². The maximum absolute atomic E-state index is 13.0. The van der Waals surface area contributed by atoms with E-state index in [2.05, 4.69) is 15.4 Å². The number of aliphatic carboxylic acids is 1. The second-order valence-corrected chi connectivity index (χ2v) is 7.21. The summed E-state index contributed by atoms with van der Waals surface area (Å²) in [5, 5.41) is 17.5. The molecule has 2 heterocycles. The van der Waals surface area contributed by atoms with E-state index in [4.69, 9.17) is 0 Å². The van der Waals surface area contributed by atoms with E-state index in [1.54, 1.807) is 17.8 Å². The molecule has 1 fully saturated rings. The molecule has 0 aliphatic heterocycles. The van der Waals surface area contributed by atoms with Gasteiger partial charge in [-0.15, -0.1) is 0 Å². The minimum Gasteiger partial charge on any atom is -0.480 e. The van der Waals surface area contributed by atoms with Crippen LogP contribution < -0.4 is 5.32 Å². The van der Waals surface area contributed by atoms with Crippen LogP contribution in [-0.4, -0.2) is 37.3 Å². The molecule has 2 aromatic rings. The van der Waals surface area contributed by atoms with Crippen LogP contribution in [0.1, 0.15) is 67.2 Å². The fourth-order valence-electron chi connectivity index (χ4n) is 3.59. The van der Waals surface area contributed by atoms with Gasteiger partial charge in [-0.05, 0) is 31.7 Å². The van der Waals surface area contributed by atoms with Crippen molar-refractivity contribution in [2.75, 3.05) is 0 Å². The van der Waals surface area contributed by atoms with E-state index in [-0.39, 0.29) is 11.8 Å². The van der Waals surface area contributed by atoms with Crippen LogP contribution in [0.4, 0.5) is 0 Å². The van der Waals surface area contributed by atoms with Gasteiger partial charge < -0.3 is 10.4 Å². The van der Waals surface area contributed by atoms with Gasteiger partial charge in [0.2, 0.25) is 0 Å². The predicted molar refractivity (Wildman–Crippen MR) is 93.6 cm³/mol. The first-order valence-electron chi connectivity index (χ1n) is 8.65. The Labute approximate surface area is 146 Å². The average molecular weight is 344 g/mol. The lowest BCUT2D eigenvalue weighted by Crippen LogP contribution is -2.52. The molecular formula is C18H24N4O3. The predicted octanol–water partition coefficient (Wildman–Crippen LogP) is 2.53. The second-order valence-electron chi connectivity index (χ2n) is 7.21. The van der Waals surface area contributed by atoms with Gasteiger partial charge in [-0.1, -0.05) is 26.7 Å². The number of hydrogen-bond donors (Lipinski definition) is 2. The number of carbonyl (C=O) groups excluding carboxylic acids is 1. The minimum absolute atomic E-state index is 0.145. The second kappa shape index (κ2) is 6.13. The fourth-order valence-corrected chi connectivity index (χ4v) is 3.59. The summed E-state index contributed by atoms with van der Waals surface area (Å²) >= 11 is 0. The molecular weight excluding hydrogens is 320 g/mol. The third-order valence-corrected chi connectivity index (χ3v) is 5.04. The summed E-state index contributed by atoms with van der Waals surface area (Å²) < 4.78 is 1.66. The molecule has 0 radical (unpaired) electrons. The third-order valence-electron chi connectivity index (χ3n) is 5.04. The van der Waals surface area contributed by atoms with Gasteiger partial charge in [0.25, 0.3) is 5.91 Å². The van der Waals surface area contributed by atoms with E-state index >= 15 is 0 Å². The number of hydrogen-bond acceptors (Lipinski definition) is 4. The lowest BCUT2D eigenvalue weighted by molar-refractivity contribution is -0.144. The summed E-state index contributed by atoms with van der Waals surface area (Å²) in [4.78, 5) is 29.4. The Morgan fingerprint density at radius 3 is 2.52 bits per heavy atom. The molecule has 3 rings (SSSR count). The monoisotopic (exact) mass is 344 g/mol. The van der Waals surface area contributed by atoms with Crippen molar-refractivity contribution in [2.24, 2.45) is 7.05 Å². The highest BCUT2D eigenvalue weighted by Crippen LogP contribution is 2.31. The number of carbonyl (C=O) groups is 2. The molecule has 1 aliphatic rings. The molecule has 1 saturated carbocycles. The van der Waals surface area contributed by atoms with Crippen molar-refractivity contribution in [2.45, 2.75) is 57.9 Å². The summed E-state index contributed by atoms with van der Waals surface area (Å²) in [5.41, 5.74) is 1.43. The quantitative estimate of drug-likeness (QED) is 0.888. The highest BCUT2D eigenvalue weighted by Gasteiger charge is 2.43. The van der Waals surface area contributed by atoms with Crippen molar-refractivity contribution < 1.29 is 14.7 Å². The van der Waals surface area contributed by atoms with Gasteiger partial charge in [0.15, 0.2) is 5.65 Å². The fraction of sp³-hybridized carbons (Fsp3) is 0.556. The zero-order valence-electron chi connectivity index (χ0n) is 15.1. The standard InChI is InChI=1S/C18H24N4O3/c1-10(2)13-9-12(14-11(3)21-22(4)15(14)19-13)16(23)20-18(17(24)25)7-5-6-8-18/h9-10H,5-8H2,1-4H3,(H,20,23)(H,24,25). The molecule has 0 unspecified atom stereocenters. The van der Waals surface area contributed by atoms with Gasteiger partial charge in [0, 0.05) is 12.7 Å². The topological polar surface area (TPSA) is 97.1 Å². The summed E-state index contributed by atoms with van der Waals surface area (Å²) in [6.07, 6.45) is 2.54. The van der Waals surface area contributed by atoms with Crippen molar-refractivity contribution >= 4 is 22.9 Å². The number of amides is 1. The lowest BCUT2D eigenvalue weighted by Gasteiger charge is -2.25. The molecule has 25 heavy (non-hydrogen) atoms. The average Bonchev–Trinajstić information content (AvgIpc) is 3.13. The van der Waals surface area contributed by atoms with Crippen LogP contribution in [0.15, 0.2) is 6.07 Å². The van der Waals surface area contributed by atoms with Crippen LogP contribution in [-0.2, 0) is 11.8 Å². The number of nitrogens with one attached hydrogen (secondary N) is 1. The first-order valence-corrected chi connectivity index (χ1v) is 8.65. The molecule has 0 atom stereocenters. The summed E-state index contributed by atoms with van der Waals surface area (Å²) in [6, 6.07) is 1.77.